The molecule has 0 aromatic carbocycles. The van der Waals surface area contributed by atoms with E-state index < -0.39 is 17.7 Å². The molecule has 1 aliphatic rings. The van der Waals surface area contributed by atoms with Crippen molar-refractivity contribution in [3.05, 3.63) is 23.0 Å². The zero-order valence-corrected chi connectivity index (χ0v) is 17.1. The Morgan fingerprint density at radius 3 is 2.72 bits per heavy atom. The van der Waals surface area contributed by atoms with Crippen LogP contribution >= 0.6 is 0 Å². The number of ether oxygens (including phenoxy) is 2. The molecular weight excluding hydrogens is 376 g/mol. The molecule has 2 heterocycles. The molecule has 0 atom stereocenters. The maximum Gasteiger partial charge on any atom is 0.407 e. The molecule has 0 saturated heterocycles. The summed E-state index contributed by atoms with van der Waals surface area (Å²) in [5.74, 6) is -0.306. The monoisotopic (exact) mass is 402 g/mol. The molecule has 2 aromatic heterocycles. The summed E-state index contributed by atoms with van der Waals surface area (Å²) >= 11 is 0. The number of aryl methyl sites for hydroxylation is 1. The Kier molecular flexibility index (Phi) is 5.71. The summed E-state index contributed by atoms with van der Waals surface area (Å²) in [7, 11) is 0. The highest BCUT2D eigenvalue weighted by molar-refractivity contribution is 5.92. The number of nitrogen functional groups attached to an aromatic ring is 1. The number of esters is 1. The van der Waals surface area contributed by atoms with E-state index in [-0.39, 0.29) is 25.6 Å². The topological polar surface area (TPSA) is 134 Å². The van der Waals surface area contributed by atoms with Gasteiger partial charge in [0.05, 0.1) is 18.8 Å². The van der Waals surface area contributed by atoms with Crippen molar-refractivity contribution in [1.82, 2.24) is 25.1 Å². The molecule has 0 spiro atoms. The number of hydrogen-bond donors (Lipinski definition) is 2. The first-order valence-corrected chi connectivity index (χ1v) is 9.55. The predicted molar refractivity (Wildman–Crippen MR) is 105 cm³/mol. The molecule has 29 heavy (non-hydrogen) atoms. The summed E-state index contributed by atoms with van der Waals surface area (Å²) in [4.78, 5) is 32.8. The second kappa shape index (κ2) is 8.06. The first kappa shape index (κ1) is 20.6. The van der Waals surface area contributed by atoms with Gasteiger partial charge in [-0.15, -0.1) is 0 Å². The third-order valence-corrected chi connectivity index (χ3v) is 4.26. The van der Waals surface area contributed by atoms with Crippen LogP contribution < -0.4 is 11.1 Å². The third-order valence-electron chi connectivity index (χ3n) is 4.26. The van der Waals surface area contributed by atoms with Gasteiger partial charge in [0.15, 0.2) is 0 Å². The maximum absolute atomic E-state index is 12.6. The number of aromatic nitrogens is 4. The number of nitrogens with one attached hydrogen (secondary N) is 1. The minimum absolute atomic E-state index is 0.149. The molecule has 1 amide bonds. The zero-order valence-electron chi connectivity index (χ0n) is 17.1. The number of fused-ring (bicyclic) bond motifs is 3. The predicted octanol–water partition coefficient (Wildman–Crippen LogP) is 1.72. The van der Waals surface area contributed by atoms with Gasteiger partial charge in [0.1, 0.15) is 17.0 Å². The lowest BCUT2D eigenvalue weighted by atomic mass is 9.93. The van der Waals surface area contributed by atoms with Gasteiger partial charge < -0.3 is 20.5 Å². The standard InChI is InChI=1S/C19H26N6O4/c1-5-28-16(26)15-12-7-6-11-10-22-17(20)23-13(11)14(12)24-25(15)9-8-21-18(27)29-19(2,3)4/h10H,5-9H2,1-4H3,(H,21,27)(H2,20,22,23). The number of amides is 1. The Bertz CT molecular complexity index is 932. The molecule has 0 radical (unpaired) electrons. The van der Waals surface area contributed by atoms with Crippen molar-refractivity contribution in [2.75, 3.05) is 18.9 Å². The molecule has 1 aliphatic carbocycles. The molecule has 0 unspecified atom stereocenters. The van der Waals surface area contributed by atoms with Crippen molar-refractivity contribution < 1.29 is 19.1 Å². The van der Waals surface area contributed by atoms with E-state index in [1.54, 1.807) is 38.6 Å². The molecule has 156 valence electrons. The van der Waals surface area contributed by atoms with Crippen molar-refractivity contribution in [2.24, 2.45) is 0 Å². The molecule has 0 saturated carbocycles. The number of rotatable bonds is 5. The highest BCUT2D eigenvalue weighted by atomic mass is 16.6. The first-order valence-electron chi connectivity index (χ1n) is 9.55. The summed E-state index contributed by atoms with van der Waals surface area (Å²) < 4.78 is 12.0. The largest absolute Gasteiger partial charge is 0.461 e. The van der Waals surface area contributed by atoms with Crippen LogP contribution in [0.4, 0.5) is 10.7 Å². The van der Waals surface area contributed by atoms with Crippen LogP contribution in [0.15, 0.2) is 6.20 Å². The number of nitrogens with zero attached hydrogens (tertiary/aromatic N) is 4. The molecular formula is C19H26N6O4. The number of nitrogens with two attached hydrogens (primary N) is 1. The maximum atomic E-state index is 12.6. The summed E-state index contributed by atoms with van der Waals surface area (Å²) in [5.41, 5.74) is 8.45. The summed E-state index contributed by atoms with van der Waals surface area (Å²) in [6.07, 6.45) is 2.45. The SMILES string of the molecule is CCOC(=O)c1c2c(nn1CCNC(=O)OC(C)(C)C)-c1nc(N)ncc1CC2. The third kappa shape index (κ3) is 4.64. The van der Waals surface area contributed by atoms with E-state index in [4.69, 9.17) is 15.2 Å². The highest BCUT2D eigenvalue weighted by Gasteiger charge is 2.30. The van der Waals surface area contributed by atoms with Crippen molar-refractivity contribution >= 4 is 18.0 Å². The molecule has 0 aliphatic heterocycles. The van der Waals surface area contributed by atoms with Gasteiger partial charge in [-0.3, -0.25) is 4.68 Å². The number of alkyl carbamates (subject to hydrolysis) is 1. The van der Waals surface area contributed by atoms with Gasteiger partial charge in [0.2, 0.25) is 5.95 Å². The van der Waals surface area contributed by atoms with Crippen molar-refractivity contribution in [2.45, 2.75) is 52.7 Å². The molecule has 3 rings (SSSR count). The van der Waals surface area contributed by atoms with E-state index in [0.717, 1.165) is 11.1 Å². The molecule has 2 aromatic rings. The average Bonchev–Trinajstić information content (AvgIpc) is 2.99. The quantitative estimate of drug-likeness (QED) is 0.722. The second-order valence-electron chi connectivity index (χ2n) is 7.65. The summed E-state index contributed by atoms with van der Waals surface area (Å²) in [5, 5.41) is 7.26. The van der Waals surface area contributed by atoms with E-state index in [1.165, 1.54) is 0 Å². The van der Waals surface area contributed by atoms with Crippen LogP contribution in [0.5, 0.6) is 0 Å². The summed E-state index contributed by atoms with van der Waals surface area (Å²) in [6.45, 7) is 7.88. The van der Waals surface area contributed by atoms with Gasteiger partial charge >= 0.3 is 12.1 Å². The lowest BCUT2D eigenvalue weighted by Gasteiger charge is -2.19. The van der Waals surface area contributed by atoms with E-state index >= 15 is 0 Å². The van der Waals surface area contributed by atoms with Crippen LogP contribution in [0.25, 0.3) is 11.4 Å². The van der Waals surface area contributed by atoms with Crippen LogP contribution in [0.1, 0.15) is 49.3 Å². The Morgan fingerprint density at radius 1 is 1.28 bits per heavy atom. The van der Waals surface area contributed by atoms with E-state index in [9.17, 15) is 9.59 Å². The molecule has 10 nitrogen and oxygen atoms in total. The minimum atomic E-state index is -0.589. The fourth-order valence-corrected chi connectivity index (χ4v) is 3.16. The fourth-order valence-electron chi connectivity index (χ4n) is 3.16. The highest BCUT2D eigenvalue weighted by Crippen LogP contribution is 2.33. The van der Waals surface area contributed by atoms with Gasteiger partial charge in [0, 0.05) is 18.3 Å². The Balaban J connectivity index is 1.87. The van der Waals surface area contributed by atoms with Crippen LogP contribution in [0.3, 0.4) is 0 Å². The van der Waals surface area contributed by atoms with Gasteiger partial charge in [-0.05, 0) is 46.1 Å². The van der Waals surface area contributed by atoms with Crippen LogP contribution in [-0.2, 0) is 28.9 Å². The van der Waals surface area contributed by atoms with E-state index in [2.05, 4.69) is 20.4 Å². The zero-order chi connectivity index (χ0) is 21.2. The van der Waals surface area contributed by atoms with Crippen LogP contribution in [0.2, 0.25) is 0 Å². The smallest absolute Gasteiger partial charge is 0.407 e. The molecule has 10 heteroatoms. The minimum Gasteiger partial charge on any atom is -0.461 e. The number of hydrogen-bond acceptors (Lipinski definition) is 8. The molecule has 0 fully saturated rings. The fraction of sp³-hybridized carbons (Fsp3) is 0.526. The number of carbonyl (C=O) groups is 2. The number of carbonyl (C=O) groups excluding carboxylic acids is 2. The average molecular weight is 402 g/mol. The lowest BCUT2D eigenvalue weighted by Crippen LogP contribution is -2.34. The van der Waals surface area contributed by atoms with Gasteiger partial charge in [-0.1, -0.05) is 0 Å². The molecule has 3 N–H and O–H groups in total. The normalized spacial score (nSPS) is 12.7. The summed E-state index contributed by atoms with van der Waals surface area (Å²) in [6, 6.07) is 0. The van der Waals surface area contributed by atoms with Gasteiger partial charge in [-0.2, -0.15) is 5.10 Å². The number of anilines is 1. The second-order valence-corrected chi connectivity index (χ2v) is 7.65. The Morgan fingerprint density at radius 2 is 2.03 bits per heavy atom. The van der Waals surface area contributed by atoms with Crippen molar-refractivity contribution in [3.63, 3.8) is 0 Å². The van der Waals surface area contributed by atoms with Crippen LogP contribution in [0, 0.1) is 0 Å². The van der Waals surface area contributed by atoms with Crippen molar-refractivity contribution in [1.29, 1.82) is 0 Å². The molecule has 0 bridgehead atoms. The lowest BCUT2D eigenvalue weighted by molar-refractivity contribution is 0.0510. The van der Waals surface area contributed by atoms with Crippen molar-refractivity contribution in [3.8, 4) is 11.4 Å². The van der Waals surface area contributed by atoms with Crippen LogP contribution in [-0.4, -0.2) is 50.6 Å². The Labute approximate surface area is 168 Å². The van der Waals surface area contributed by atoms with Gasteiger partial charge in [-0.25, -0.2) is 19.6 Å². The van der Waals surface area contributed by atoms with E-state index in [1.807, 2.05) is 0 Å². The van der Waals surface area contributed by atoms with Gasteiger partial charge in [0.25, 0.3) is 0 Å². The Hall–Kier alpha value is -3.17. The first-order chi connectivity index (χ1) is 13.7. The van der Waals surface area contributed by atoms with E-state index in [0.29, 0.717) is 29.9 Å².